The Kier molecular flexibility index (Phi) is 5.49. The zero-order valence-corrected chi connectivity index (χ0v) is 17.3. The number of carbonyl (C=O) groups is 1. The van der Waals surface area contributed by atoms with E-state index in [0.29, 0.717) is 17.9 Å². The predicted molar refractivity (Wildman–Crippen MR) is 112 cm³/mol. The zero-order chi connectivity index (χ0) is 19.7. The van der Waals surface area contributed by atoms with Crippen molar-refractivity contribution in [3.63, 3.8) is 0 Å². The summed E-state index contributed by atoms with van der Waals surface area (Å²) in [5.41, 5.74) is 4.42. The minimum absolute atomic E-state index is 0.204. The number of rotatable bonds is 4. The molecule has 2 aromatic rings. The average Bonchev–Trinajstić information content (AvgIpc) is 3.11. The van der Waals surface area contributed by atoms with Crippen LogP contribution in [0.3, 0.4) is 0 Å². The minimum atomic E-state index is 0.204. The maximum Gasteiger partial charge on any atom is 0.253 e. The van der Waals surface area contributed by atoms with Crippen molar-refractivity contribution in [2.75, 3.05) is 20.1 Å². The molecule has 1 aromatic carbocycles. The number of pyridine rings is 1. The number of fused-ring (bicyclic) bond motifs is 1. The van der Waals surface area contributed by atoms with Crippen molar-refractivity contribution < 1.29 is 4.79 Å². The van der Waals surface area contributed by atoms with Gasteiger partial charge in [-0.05, 0) is 69.3 Å². The second kappa shape index (κ2) is 8.04. The van der Waals surface area contributed by atoms with Crippen molar-refractivity contribution in [2.24, 2.45) is 11.8 Å². The van der Waals surface area contributed by atoms with Gasteiger partial charge in [0.05, 0.1) is 0 Å². The molecule has 0 spiro atoms. The van der Waals surface area contributed by atoms with Gasteiger partial charge in [-0.25, -0.2) is 0 Å². The summed E-state index contributed by atoms with van der Waals surface area (Å²) in [7, 11) is 2.23. The molecule has 1 saturated carbocycles. The summed E-state index contributed by atoms with van der Waals surface area (Å²) < 4.78 is 0. The van der Waals surface area contributed by atoms with Crippen molar-refractivity contribution in [1.29, 1.82) is 0 Å². The molecule has 1 saturated heterocycles. The Morgan fingerprint density at radius 1 is 1.18 bits per heavy atom. The molecule has 4 rings (SSSR count). The Labute approximate surface area is 168 Å². The van der Waals surface area contributed by atoms with E-state index in [2.05, 4.69) is 47.8 Å². The van der Waals surface area contributed by atoms with Gasteiger partial charge in [-0.2, -0.15) is 0 Å². The highest BCUT2D eigenvalue weighted by Gasteiger charge is 2.43. The molecular formula is C24H31N3O. The molecule has 0 radical (unpaired) electrons. The Morgan fingerprint density at radius 3 is 2.68 bits per heavy atom. The van der Waals surface area contributed by atoms with Gasteiger partial charge in [0.2, 0.25) is 0 Å². The number of benzene rings is 1. The highest BCUT2D eigenvalue weighted by Crippen LogP contribution is 2.39. The van der Waals surface area contributed by atoms with E-state index >= 15 is 0 Å². The number of nitrogens with zero attached hydrogens (tertiary/aromatic N) is 3. The van der Waals surface area contributed by atoms with Crippen molar-refractivity contribution in [3.05, 3.63) is 65.0 Å². The van der Waals surface area contributed by atoms with Gasteiger partial charge in [-0.3, -0.25) is 14.7 Å². The molecule has 2 fully saturated rings. The number of likely N-dealkylation sites (tertiary alicyclic amines) is 1. The molecule has 2 aliphatic rings. The first-order valence-electron chi connectivity index (χ1n) is 10.5. The molecule has 148 valence electrons. The summed E-state index contributed by atoms with van der Waals surface area (Å²) in [6.45, 7) is 6.85. The van der Waals surface area contributed by atoms with Crippen LogP contribution >= 0.6 is 0 Å². The molecule has 1 aromatic heterocycles. The molecule has 1 aliphatic heterocycles. The van der Waals surface area contributed by atoms with E-state index in [1.807, 2.05) is 30.6 Å². The van der Waals surface area contributed by atoms with Crippen molar-refractivity contribution >= 4 is 5.91 Å². The largest absolute Gasteiger partial charge is 0.338 e. The van der Waals surface area contributed by atoms with E-state index in [1.54, 1.807) is 0 Å². The van der Waals surface area contributed by atoms with Crippen LogP contribution in [0.25, 0.3) is 0 Å². The summed E-state index contributed by atoms with van der Waals surface area (Å²) in [5.74, 6) is 1.41. The van der Waals surface area contributed by atoms with Gasteiger partial charge in [-0.15, -0.1) is 0 Å². The first-order valence-corrected chi connectivity index (χ1v) is 10.5. The molecule has 2 heterocycles. The van der Waals surface area contributed by atoms with Gasteiger partial charge in [-0.1, -0.05) is 29.7 Å². The van der Waals surface area contributed by atoms with Gasteiger partial charge in [0.15, 0.2) is 0 Å². The van der Waals surface area contributed by atoms with Crippen LogP contribution in [0.4, 0.5) is 0 Å². The standard InChI is InChI=1S/C24H31N3O/c1-17-10-18(2)12-21(11-17)24(28)27-15-20-7-4-8-23(22(20)16-27)26(3)14-19-6-5-9-25-13-19/h5-6,9-13,20,22-23H,4,7-8,14-16H2,1-3H3/t20-,22+,23+/m0/s1. The third kappa shape index (κ3) is 3.97. The third-order valence-electron chi connectivity index (χ3n) is 6.54. The Hall–Kier alpha value is -2.20. The summed E-state index contributed by atoms with van der Waals surface area (Å²) in [5, 5.41) is 0. The second-order valence-electron chi connectivity index (χ2n) is 8.79. The fraction of sp³-hybridized carbons (Fsp3) is 0.500. The van der Waals surface area contributed by atoms with Gasteiger partial charge in [0.1, 0.15) is 0 Å². The van der Waals surface area contributed by atoms with Gasteiger partial charge in [0, 0.05) is 43.6 Å². The van der Waals surface area contributed by atoms with Crippen LogP contribution in [0.15, 0.2) is 42.7 Å². The van der Waals surface area contributed by atoms with Crippen molar-refractivity contribution in [2.45, 2.75) is 45.7 Å². The van der Waals surface area contributed by atoms with E-state index in [4.69, 9.17) is 0 Å². The monoisotopic (exact) mass is 377 g/mol. The van der Waals surface area contributed by atoms with Gasteiger partial charge in [0.25, 0.3) is 5.91 Å². The predicted octanol–water partition coefficient (Wildman–Crippen LogP) is 4.07. The smallest absolute Gasteiger partial charge is 0.253 e. The van der Waals surface area contributed by atoms with Gasteiger partial charge < -0.3 is 4.90 Å². The Bertz CT molecular complexity index is 815. The van der Waals surface area contributed by atoms with Crippen LogP contribution in [-0.4, -0.2) is 46.9 Å². The van der Waals surface area contributed by atoms with E-state index in [-0.39, 0.29) is 5.91 Å². The van der Waals surface area contributed by atoms with Crippen LogP contribution in [-0.2, 0) is 6.54 Å². The molecule has 28 heavy (non-hydrogen) atoms. The quantitative estimate of drug-likeness (QED) is 0.806. The normalized spacial score (nSPS) is 24.4. The third-order valence-corrected chi connectivity index (χ3v) is 6.54. The second-order valence-corrected chi connectivity index (χ2v) is 8.79. The number of amides is 1. The van der Waals surface area contributed by atoms with E-state index in [1.165, 1.54) is 24.8 Å². The number of carbonyl (C=O) groups excluding carboxylic acids is 1. The maximum atomic E-state index is 13.2. The zero-order valence-electron chi connectivity index (χ0n) is 17.3. The lowest BCUT2D eigenvalue weighted by molar-refractivity contribution is 0.0770. The van der Waals surface area contributed by atoms with Crippen LogP contribution in [0.2, 0.25) is 0 Å². The average molecular weight is 378 g/mol. The number of aromatic nitrogens is 1. The lowest BCUT2D eigenvalue weighted by Crippen LogP contribution is -2.43. The SMILES string of the molecule is Cc1cc(C)cc(C(=O)N2C[C@@H]3CCC[C@@H](N(C)Cc4cccnc4)[C@@H]3C2)c1. The summed E-state index contributed by atoms with van der Waals surface area (Å²) >= 11 is 0. The first kappa shape index (κ1) is 19.1. The molecule has 1 amide bonds. The highest BCUT2D eigenvalue weighted by atomic mass is 16.2. The van der Waals surface area contributed by atoms with Crippen LogP contribution in [0.1, 0.15) is 46.3 Å². The van der Waals surface area contributed by atoms with Crippen molar-refractivity contribution in [3.8, 4) is 0 Å². The summed E-state index contributed by atoms with van der Waals surface area (Å²) in [6, 6.07) is 10.9. The molecule has 0 unspecified atom stereocenters. The summed E-state index contributed by atoms with van der Waals surface area (Å²) in [4.78, 5) is 22.0. The molecule has 4 nitrogen and oxygen atoms in total. The number of hydrogen-bond acceptors (Lipinski definition) is 3. The highest BCUT2D eigenvalue weighted by molar-refractivity contribution is 5.94. The molecular weight excluding hydrogens is 346 g/mol. The molecule has 0 bridgehead atoms. The maximum absolute atomic E-state index is 13.2. The minimum Gasteiger partial charge on any atom is -0.338 e. The lowest BCUT2D eigenvalue weighted by atomic mass is 9.77. The number of hydrogen-bond donors (Lipinski definition) is 0. The van der Waals surface area contributed by atoms with Crippen LogP contribution < -0.4 is 0 Å². The lowest BCUT2D eigenvalue weighted by Gasteiger charge is -2.39. The molecule has 4 heteroatoms. The van der Waals surface area contributed by atoms with E-state index < -0.39 is 0 Å². The fourth-order valence-electron chi connectivity index (χ4n) is 5.33. The van der Waals surface area contributed by atoms with E-state index in [9.17, 15) is 4.79 Å². The van der Waals surface area contributed by atoms with E-state index in [0.717, 1.165) is 36.3 Å². The van der Waals surface area contributed by atoms with Crippen LogP contribution in [0, 0.1) is 25.7 Å². The van der Waals surface area contributed by atoms with Crippen molar-refractivity contribution in [1.82, 2.24) is 14.8 Å². The Balaban J connectivity index is 1.47. The molecule has 0 N–H and O–H groups in total. The Morgan fingerprint density at radius 2 is 1.96 bits per heavy atom. The molecule has 3 atom stereocenters. The van der Waals surface area contributed by atoms with Gasteiger partial charge >= 0.3 is 0 Å². The number of aryl methyl sites for hydroxylation is 2. The summed E-state index contributed by atoms with van der Waals surface area (Å²) in [6.07, 6.45) is 7.52. The molecule has 1 aliphatic carbocycles. The fourth-order valence-corrected chi connectivity index (χ4v) is 5.33. The topological polar surface area (TPSA) is 36.4 Å². The first-order chi connectivity index (χ1) is 13.5. The van der Waals surface area contributed by atoms with Crippen LogP contribution in [0.5, 0.6) is 0 Å².